The Hall–Kier alpha value is -2.07. The summed E-state index contributed by atoms with van der Waals surface area (Å²) in [6.07, 6.45) is 0. The number of hydrogen-bond acceptors (Lipinski definition) is 2. The minimum absolute atomic E-state index is 0.305. The van der Waals surface area contributed by atoms with Crippen LogP contribution in [0.15, 0.2) is 41.3 Å². The summed E-state index contributed by atoms with van der Waals surface area (Å²) in [6, 6.07) is 11.1. The molecule has 1 aromatic heterocycles. The molecule has 0 unspecified atom stereocenters. The Morgan fingerprint density at radius 2 is 1.80 bits per heavy atom. The highest BCUT2D eigenvalue weighted by molar-refractivity contribution is 7.98. The lowest BCUT2D eigenvalue weighted by Gasteiger charge is -2.19. The van der Waals surface area contributed by atoms with Gasteiger partial charge in [-0.3, -0.25) is 0 Å². The number of aryl methyl sites for hydroxylation is 1. The third-order valence-corrected chi connectivity index (χ3v) is 5.12. The van der Waals surface area contributed by atoms with Crippen LogP contribution in [0.1, 0.15) is 5.56 Å². The number of phenols is 2. The lowest BCUT2D eigenvalue weighted by Crippen LogP contribution is -1.99. The van der Waals surface area contributed by atoms with Gasteiger partial charge >= 0.3 is 0 Å². The first-order valence-corrected chi connectivity index (χ1v) is 7.54. The summed E-state index contributed by atoms with van der Waals surface area (Å²) in [5, 5.41) is 20.5. The standard InChI is InChI=1S/C16H14NO2S/c1-17-14-5-3-9(18)6-12(14)13-8-20-15-7-10(19)2-4-11(15)16(13)17/h2-7,18-20H,8H2,1H3. The molecule has 0 saturated heterocycles. The van der Waals surface area contributed by atoms with Crippen molar-refractivity contribution in [2.24, 2.45) is 7.05 Å². The molecule has 1 aliphatic rings. The summed E-state index contributed by atoms with van der Waals surface area (Å²) in [7, 11) is 2.05. The fourth-order valence-electron chi connectivity index (χ4n) is 3.03. The molecule has 4 rings (SSSR count). The molecule has 3 nitrogen and oxygen atoms in total. The molecule has 0 amide bonds. The van der Waals surface area contributed by atoms with Gasteiger partial charge in [-0.1, -0.05) is 0 Å². The third kappa shape index (κ3) is 1.48. The molecule has 101 valence electrons. The van der Waals surface area contributed by atoms with Gasteiger partial charge in [-0.2, -0.15) is 11.8 Å². The summed E-state index contributed by atoms with van der Waals surface area (Å²) in [5.41, 5.74) is 4.77. The van der Waals surface area contributed by atoms with Crippen LogP contribution in [-0.4, -0.2) is 14.8 Å². The van der Waals surface area contributed by atoms with Crippen molar-refractivity contribution in [1.82, 2.24) is 4.57 Å². The zero-order valence-electron chi connectivity index (χ0n) is 11.0. The van der Waals surface area contributed by atoms with E-state index in [1.165, 1.54) is 28.6 Å². The van der Waals surface area contributed by atoms with Gasteiger partial charge in [0, 0.05) is 34.2 Å². The van der Waals surface area contributed by atoms with Crippen molar-refractivity contribution in [3.63, 3.8) is 0 Å². The first-order chi connectivity index (χ1) is 9.65. The minimum Gasteiger partial charge on any atom is -0.508 e. The second-order valence-corrected chi connectivity index (χ2v) is 6.22. The van der Waals surface area contributed by atoms with Crippen LogP contribution in [0.4, 0.5) is 0 Å². The van der Waals surface area contributed by atoms with Gasteiger partial charge in [0.15, 0.2) is 0 Å². The average Bonchev–Trinajstić information content (AvgIpc) is 2.71. The van der Waals surface area contributed by atoms with Crippen LogP contribution in [0.2, 0.25) is 0 Å². The maximum absolute atomic E-state index is 9.73. The largest absolute Gasteiger partial charge is 0.508 e. The van der Waals surface area contributed by atoms with Crippen molar-refractivity contribution in [1.29, 1.82) is 0 Å². The van der Waals surface area contributed by atoms with E-state index in [0.29, 0.717) is 11.5 Å². The predicted molar refractivity (Wildman–Crippen MR) is 82.6 cm³/mol. The highest BCUT2D eigenvalue weighted by Crippen LogP contribution is 2.46. The molecule has 3 aromatic rings. The van der Waals surface area contributed by atoms with Gasteiger partial charge in [0.2, 0.25) is 0 Å². The molecule has 0 atom stereocenters. The quantitative estimate of drug-likeness (QED) is 0.552. The Morgan fingerprint density at radius 3 is 2.65 bits per heavy atom. The molecule has 0 saturated carbocycles. The number of nitrogens with zero attached hydrogens (tertiary/aromatic N) is 1. The zero-order valence-corrected chi connectivity index (χ0v) is 11.9. The van der Waals surface area contributed by atoms with Gasteiger partial charge < -0.3 is 14.8 Å². The summed E-state index contributed by atoms with van der Waals surface area (Å²) in [6.45, 7) is 0. The lowest BCUT2D eigenvalue weighted by atomic mass is 10.1. The van der Waals surface area contributed by atoms with Crippen LogP contribution >= 0.6 is 11.8 Å². The molecule has 0 aliphatic carbocycles. The highest BCUT2D eigenvalue weighted by atomic mass is 32.2. The van der Waals surface area contributed by atoms with Gasteiger partial charge in [0.05, 0.1) is 5.69 Å². The van der Waals surface area contributed by atoms with E-state index >= 15 is 0 Å². The van der Waals surface area contributed by atoms with Crippen LogP contribution < -0.4 is 0 Å². The molecule has 1 aliphatic heterocycles. The Bertz CT molecular complexity index is 851. The number of aromatic hydroxyl groups is 2. The number of thiol groups is 1. The molecule has 2 heterocycles. The van der Waals surface area contributed by atoms with E-state index in [1.54, 1.807) is 12.1 Å². The third-order valence-electron chi connectivity index (χ3n) is 3.93. The summed E-state index contributed by atoms with van der Waals surface area (Å²) in [4.78, 5) is 1.16. The number of benzene rings is 2. The average molecular weight is 284 g/mol. The lowest BCUT2D eigenvalue weighted by molar-refractivity contribution is 0.474. The van der Waals surface area contributed by atoms with E-state index in [1.807, 2.05) is 24.3 Å². The Kier molecular flexibility index (Phi) is 2.32. The zero-order chi connectivity index (χ0) is 13.9. The SMILES string of the molecule is Cn1c2c(c3cc(O)ccc31)C[SH]c1cc(O)ccc1-2. The van der Waals surface area contributed by atoms with Crippen molar-refractivity contribution in [3.8, 4) is 22.8 Å². The van der Waals surface area contributed by atoms with Crippen molar-refractivity contribution in [3.05, 3.63) is 42.0 Å². The van der Waals surface area contributed by atoms with E-state index in [-0.39, 0.29) is 0 Å². The molecular formula is C16H14NO2S. The fraction of sp³-hybridized carbons (Fsp3) is 0.125. The maximum Gasteiger partial charge on any atom is 0.116 e. The van der Waals surface area contributed by atoms with Crippen LogP contribution in [0.3, 0.4) is 0 Å². The van der Waals surface area contributed by atoms with E-state index in [2.05, 4.69) is 11.6 Å². The van der Waals surface area contributed by atoms with Crippen LogP contribution in [0.25, 0.3) is 22.2 Å². The van der Waals surface area contributed by atoms with Gasteiger partial charge in [-0.25, -0.2) is 0 Å². The van der Waals surface area contributed by atoms with Crippen molar-refractivity contribution < 1.29 is 10.2 Å². The van der Waals surface area contributed by atoms with E-state index in [4.69, 9.17) is 0 Å². The Labute approximate surface area is 120 Å². The van der Waals surface area contributed by atoms with E-state index in [0.717, 1.165) is 21.6 Å². The second-order valence-electron chi connectivity index (χ2n) is 5.11. The molecular weight excluding hydrogens is 270 g/mol. The molecule has 0 bridgehead atoms. The van der Waals surface area contributed by atoms with E-state index < -0.39 is 0 Å². The predicted octanol–water partition coefficient (Wildman–Crippen LogP) is 3.59. The monoisotopic (exact) mass is 284 g/mol. The van der Waals surface area contributed by atoms with Gasteiger partial charge in [0.1, 0.15) is 11.5 Å². The van der Waals surface area contributed by atoms with Crippen LogP contribution in [0.5, 0.6) is 11.5 Å². The first-order valence-electron chi connectivity index (χ1n) is 6.46. The normalized spacial score (nSPS) is 13.2. The van der Waals surface area contributed by atoms with Gasteiger partial charge in [-0.15, -0.1) is 0 Å². The molecule has 4 heteroatoms. The number of hydrogen-bond donors (Lipinski definition) is 3. The highest BCUT2D eigenvalue weighted by Gasteiger charge is 2.23. The molecule has 20 heavy (non-hydrogen) atoms. The smallest absolute Gasteiger partial charge is 0.116 e. The summed E-state index contributed by atoms with van der Waals surface area (Å²) < 4.78 is 2.18. The maximum atomic E-state index is 9.73. The van der Waals surface area contributed by atoms with Crippen LogP contribution in [0, 0.1) is 0 Å². The first kappa shape index (κ1) is 11.7. The summed E-state index contributed by atoms with van der Waals surface area (Å²) in [5.74, 6) is 1.53. The number of fused-ring (bicyclic) bond motifs is 5. The Morgan fingerprint density at radius 1 is 1.05 bits per heavy atom. The molecule has 2 N–H and O–H groups in total. The number of aromatic nitrogens is 1. The second kappa shape index (κ2) is 3.96. The Balaban J connectivity index is 2.11. The van der Waals surface area contributed by atoms with Gasteiger partial charge in [0.25, 0.3) is 0 Å². The molecule has 1 radical (unpaired) electrons. The topological polar surface area (TPSA) is 45.4 Å². The van der Waals surface area contributed by atoms with Crippen molar-refractivity contribution >= 4 is 22.7 Å². The summed E-state index contributed by atoms with van der Waals surface area (Å²) >= 11 is 1.19. The molecule has 2 aromatic carbocycles. The van der Waals surface area contributed by atoms with Crippen molar-refractivity contribution in [2.45, 2.75) is 10.6 Å². The number of rotatable bonds is 0. The van der Waals surface area contributed by atoms with E-state index in [9.17, 15) is 10.2 Å². The fourth-order valence-corrected chi connectivity index (χ4v) is 4.25. The van der Waals surface area contributed by atoms with Crippen molar-refractivity contribution in [2.75, 3.05) is 0 Å². The number of phenolic OH excluding ortho intramolecular Hbond substituents is 2. The molecule has 0 spiro atoms. The van der Waals surface area contributed by atoms with Crippen LogP contribution in [-0.2, 0) is 12.8 Å². The van der Waals surface area contributed by atoms with Gasteiger partial charge in [-0.05, 0) is 42.0 Å². The minimum atomic E-state index is 0.305. The molecule has 0 fully saturated rings.